The third-order valence-electron chi connectivity index (χ3n) is 5.71. The van der Waals surface area contributed by atoms with Crippen molar-refractivity contribution in [2.45, 2.75) is 19.8 Å². The Morgan fingerprint density at radius 1 is 0.889 bits per heavy atom. The number of rotatable bonds is 1. The van der Waals surface area contributed by atoms with Crippen molar-refractivity contribution in [3.05, 3.63) is 78.4 Å². The van der Waals surface area contributed by atoms with Crippen LogP contribution in [0.1, 0.15) is 18.4 Å². The van der Waals surface area contributed by atoms with Gasteiger partial charge in [-0.3, -0.25) is 0 Å². The van der Waals surface area contributed by atoms with Crippen LogP contribution in [0.15, 0.2) is 72.8 Å². The molecule has 0 radical (unpaired) electrons. The van der Waals surface area contributed by atoms with Crippen LogP contribution < -0.4 is 0 Å². The molecule has 1 nitrogen and oxygen atoms in total. The summed E-state index contributed by atoms with van der Waals surface area (Å²) < 4.78 is 5.27. The van der Waals surface area contributed by atoms with Crippen LogP contribution in [0.5, 0.6) is 0 Å². The van der Waals surface area contributed by atoms with E-state index in [4.69, 9.17) is 0 Å². The molecule has 0 amide bonds. The molecule has 2 heterocycles. The van der Waals surface area contributed by atoms with Gasteiger partial charge in [0.15, 0.2) is 0 Å². The molecular formula is C25H19NS. The minimum absolute atomic E-state index is 1.09. The minimum atomic E-state index is 1.09. The molecule has 0 atom stereocenters. The number of fused-ring (bicyclic) bond motifs is 7. The molecule has 130 valence electrons. The van der Waals surface area contributed by atoms with Gasteiger partial charge in [0.25, 0.3) is 0 Å². The van der Waals surface area contributed by atoms with Crippen LogP contribution in [0.3, 0.4) is 0 Å². The topological polar surface area (TPSA) is 4.93 Å². The van der Waals surface area contributed by atoms with Crippen molar-refractivity contribution in [3.8, 4) is 0 Å². The van der Waals surface area contributed by atoms with Crippen molar-refractivity contribution in [1.82, 2.24) is 4.57 Å². The zero-order valence-corrected chi connectivity index (χ0v) is 16.0. The summed E-state index contributed by atoms with van der Waals surface area (Å²) in [7, 11) is 0. The molecule has 2 heteroatoms. The number of hydrogen-bond acceptors (Lipinski definition) is 1. The third kappa shape index (κ3) is 2.11. The lowest BCUT2D eigenvalue weighted by atomic mass is 10.1. The molecule has 0 aliphatic heterocycles. The van der Waals surface area contributed by atoms with Gasteiger partial charge in [0.2, 0.25) is 0 Å². The SMILES string of the molecule is Cc1ccc2c3c4sc5ccccc5c4ccc3n(C3=CC=CCC3)c2c1. The summed E-state index contributed by atoms with van der Waals surface area (Å²) in [6.07, 6.45) is 8.94. The van der Waals surface area contributed by atoms with E-state index in [0.29, 0.717) is 0 Å². The molecule has 27 heavy (non-hydrogen) atoms. The van der Waals surface area contributed by atoms with Crippen molar-refractivity contribution in [1.29, 1.82) is 0 Å². The largest absolute Gasteiger partial charge is 0.313 e. The monoisotopic (exact) mass is 365 g/mol. The fourth-order valence-corrected chi connectivity index (χ4v) is 5.74. The van der Waals surface area contributed by atoms with E-state index in [9.17, 15) is 0 Å². The van der Waals surface area contributed by atoms with E-state index in [1.54, 1.807) is 0 Å². The van der Waals surface area contributed by atoms with Gasteiger partial charge in [0.1, 0.15) is 0 Å². The smallest absolute Gasteiger partial charge is 0.0552 e. The average Bonchev–Trinajstić information content (AvgIpc) is 3.23. The van der Waals surface area contributed by atoms with E-state index in [1.165, 1.54) is 53.2 Å². The highest BCUT2D eigenvalue weighted by atomic mass is 32.1. The van der Waals surface area contributed by atoms with E-state index in [-0.39, 0.29) is 0 Å². The molecule has 1 aliphatic rings. The van der Waals surface area contributed by atoms with Crippen LogP contribution in [-0.4, -0.2) is 4.57 Å². The molecule has 0 saturated heterocycles. The normalized spacial score (nSPS) is 14.6. The maximum atomic E-state index is 2.49. The second-order valence-electron chi connectivity index (χ2n) is 7.42. The lowest BCUT2D eigenvalue weighted by Crippen LogP contribution is -1.98. The molecule has 2 aromatic heterocycles. The van der Waals surface area contributed by atoms with Crippen molar-refractivity contribution >= 4 is 59.0 Å². The number of hydrogen-bond donors (Lipinski definition) is 0. The van der Waals surface area contributed by atoms with Crippen LogP contribution in [-0.2, 0) is 0 Å². The fourth-order valence-electron chi connectivity index (χ4n) is 4.48. The first-order valence-corrected chi connectivity index (χ1v) is 10.3. The van der Waals surface area contributed by atoms with Crippen LogP contribution in [0.4, 0.5) is 0 Å². The standard InChI is InChI=1S/C25H19NS/c1-16-11-12-20-22(15-16)26(17-7-3-2-4-8-17)21-14-13-19-18-9-5-6-10-23(18)27-25(19)24(20)21/h2-3,5-7,9-15H,4,8H2,1H3. The zero-order valence-electron chi connectivity index (χ0n) is 15.2. The number of aryl methyl sites for hydroxylation is 1. The molecule has 6 rings (SSSR count). The van der Waals surface area contributed by atoms with Gasteiger partial charge >= 0.3 is 0 Å². The molecule has 0 spiro atoms. The van der Waals surface area contributed by atoms with E-state index in [2.05, 4.69) is 84.3 Å². The van der Waals surface area contributed by atoms with E-state index < -0.39 is 0 Å². The Kier molecular flexibility index (Phi) is 3.15. The lowest BCUT2D eigenvalue weighted by molar-refractivity contribution is 0.979. The molecule has 0 N–H and O–H groups in total. The number of benzene rings is 3. The summed E-state index contributed by atoms with van der Waals surface area (Å²) in [6.45, 7) is 2.19. The zero-order chi connectivity index (χ0) is 18.0. The quantitative estimate of drug-likeness (QED) is 0.287. The summed E-state index contributed by atoms with van der Waals surface area (Å²) in [4.78, 5) is 0. The van der Waals surface area contributed by atoms with E-state index in [0.717, 1.165) is 12.8 Å². The first kappa shape index (κ1) is 15.2. The van der Waals surface area contributed by atoms with Crippen molar-refractivity contribution in [2.75, 3.05) is 0 Å². The summed E-state index contributed by atoms with van der Waals surface area (Å²) in [5.74, 6) is 0. The predicted molar refractivity (Wildman–Crippen MR) is 120 cm³/mol. The van der Waals surface area contributed by atoms with E-state index >= 15 is 0 Å². The second kappa shape index (κ2) is 5.58. The second-order valence-corrected chi connectivity index (χ2v) is 8.47. The molecule has 0 fully saturated rings. The first-order valence-electron chi connectivity index (χ1n) is 9.52. The summed E-state index contributed by atoms with van der Waals surface area (Å²) in [5.41, 5.74) is 5.36. The van der Waals surface area contributed by atoms with Crippen LogP contribution in [0.25, 0.3) is 47.7 Å². The van der Waals surface area contributed by atoms with Crippen molar-refractivity contribution < 1.29 is 0 Å². The Morgan fingerprint density at radius 2 is 1.78 bits per heavy atom. The van der Waals surface area contributed by atoms with Crippen LogP contribution in [0.2, 0.25) is 0 Å². The average molecular weight is 366 g/mol. The summed E-state index contributed by atoms with van der Waals surface area (Å²) in [5, 5.41) is 5.51. The summed E-state index contributed by atoms with van der Waals surface area (Å²) in [6, 6.07) is 20.3. The molecule has 1 aliphatic carbocycles. The first-order chi connectivity index (χ1) is 13.3. The minimum Gasteiger partial charge on any atom is -0.313 e. The van der Waals surface area contributed by atoms with Crippen LogP contribution >= 0.6 is 11.3 Å². The number of nitrogens with zero attached hydrogens (tertiary/aromatic N) is 1. The Labute approximate surface area is 161 Å². The highest BCUT2D eigenvalue weighted by molar-refractivity contribution is 7.26. The predicted octanol–water partition coefficient (Wildman–Crippen LogP) is 7.66. The summed E-state index contributed by atoms with van der Waals surface area (Å²) >= 11 is 1.92. The molecule has 3 aromatic carbocycles. The number of aromatic nitrogens is 1. The Hall–Kier alpha value is -2.84. The maximum Gasteiger partial charge on any atom is 0.0552 e. The van der Waals surface area contributed by atoms with Gasteiger partial charge in [-0.05, 0) is 49.6 Å². The van der Waals surface area contributed by atoms with Gasteiger partial charge in [-0.2, -0.15) is 0 Å². The van der Waals surface area contributed by atoms with Gasteiger partial charge in [-0.1, -0.05) is 48.6 Å². The lowest BCUT2D eigenvalue weighted by Gasteiger charge is -2.14. The molecular weight excluding hydrogens is 346 g/mol. The van der Waals surface area contributed by atoms with E-state index in [1.807, 2.05) is 11.3 Å². The fraction of sp³-hybridized carbons (Fsp3) is 0.120. The Bertz CT molecular complexity index is 1430. The number of allylic oxidation sites excluding steroid dienone is 4. The maximum absolute atomic E-state index is 2.49. The molecule has 0 unspecified atom stereocenters. The van der Waals surface area contributed by atoms with Crippen molar-refractivity contribution in [3.63, 3.8) is 0 Å². The Balaban J connectivity index is 1.85. The van der Waals surface area contributed by atoms with Gasteiger partial charge in [-0.15, -0.1) is 11.3 Å². The van der Waals surface area contributed by atoms with Crippen LogP contribution in [0, 0.1) is 6.92 Å². The van der Waals surface area contributed by atoms with Gasteiger partial charge < -0.3 is 4.57 Å². The van der Waals surface area contributed by atoms with Crippen molar-refractivity contribution in [2.24, 2.45) is 0 Å². The van der Waals surface area contributed by atoms with Gasteiger partial charge in [0, 0.05) is 36.6 Å². The van der Waals surface area contributed by atoms with Gasteiger partial charge in [-0.25, -0.2) is 0 Å². The number of thiophene rings is 1. The van der Waals surface area contributed by atoms with Gasteiger partial charge in [0.05, 0.1) is 11.0 Å². The highest BCUT2D eigenvalue weighted by Gasteiger charge is 2.18. The molecule has 0 saturated carbocycles. The third-order valence-corrected chi connectivity index (χ3v) is 6.91. The molecule has 5 aromatic rings. The highest BCUT2D eigenvalue weighted by Crippen LogP contribution is 2.43. The molecule has 0 bridgehead atoms. The Morgan fingerprint density at radius 3 is 2.67 bits per heavy atom.